The van der Waals surface area contributed by atoms with Gasteiger partial charge in [0, 0.05) is 29.2 Å². The van der Waals surface area contributed by atoms with Gasteiger partial charge in [0.15, 0.2) is 0 Å². The van der Waals surface area contributed by atoms with Crippen molar-refractivity contribution in [1.82, 2.24) is 15.2 Å². The molecule has 3 amide bonds. The maximum absolute atomic E-state index is 13.4. The normalized spacial score (nSPS) is 17.6. The van der Waals surface area contributed by atoms with Crippen molar-refractivity contribution in [2.45, 2.75) is 32.9 Å². The minimum atomic E-state index is -0.304. The van der Waals surface area contributed by atoms with E-state index in [9.17, 15) is 14.4 Å². The highest BCUT2D eigenvalue weighted by molar-refractivity contribution is 7.09. The van der Waals surface area contributed by atoms with E-state index in [1.165, 1.54) is 16.2 Å². The van der Waals surface area contributed by atoms with Crippen LogP contribution in [0.1, 0.15) is 49.8 Å². The molecular formula is C26H25ClN4O3S. The van der Waals surface area contributed by atoms with E-state index in [0.29, 0.717) is 34.9 Å². The average Bonchev–Trinajstić information content (AvgIpc) is 3.40. The molecule has 2 aliphatic rings. The molecule has 1 unspecified atom stereocenters. The number of halogens is 1. The number of hydrogen-bond donors (Lipinski definition) is 1. The number of piperidine rings is 1. The first kappa shape index (κ1) is 23.5. The molecule has 35 heavy (non-hydrogen) atoms. The van der Waals surface area contributed by atoms with Gasteiger partial charge >= 0.3 is 0 Å². The van der Waals surface area contributed by atoms with Gasteiger partial charge in [0.2, 0.25) is 5.91 Å². The van der Waals surface area contributed by atoms with E-state index < -0.39 is 0 Å². The van der Waals surface area contributed by atoms with Crippen LogP contribution in [0.2, 0.25) is 5.02 Å². The molecule has 180 valence electrons. The third-order valence-electron chi connectivity index (χ3n) is 6.44. The summed E-state index contributed by atoms with van der Waals surface area (Å²) in [5.41, 5.74) is 3.33. The number of nitrogens with one attached hydrogen (secondary N) is 1. The molecule has 3 heterocycles. The highest BCUT2D eigenvalue weighted by Crippen LogP contribution is 2.35. The molecule has 1 saturated heterocycles. The van der Waals surface area contributed by atoms with Gasteiger partial charge in [0.1, 0.15) is 5.01 Å². The number of rotatable bonds is 6. The molecule has 1 atom stereocenters. The summed E-state index contributed by atoms with van der Waals surface area (Å²) in [4.78, 5) is 47.1. The number of aryl methyl sites for hydroxylation is 1. The van der Waals surface area contributed by atoms with E-state index in [1.54, 1.807) is 24.3 Å². The molecule has 7 nitrogen and oxygen atoms in total. The largest absolute Gasteiger partial charge is 0.370 e. The lowest BCUT2D eigenvalue weighted by atomic mass is 9.95. The SMILES string of the molecule is Cc1csc(CNC(=O)C2CCCN(c3cccc4c3C(=O)N(Cc3ccc(Cl)cc3)C4=O)C2)n1. The Kier molecular flexibility index (Phi) is 6.58. The van der Waals surface area contributed by atoms with E-state index in [1.807, 2.05) is 30.5 Å². The average molecular weight is 509 g/mol. The van der Waals surface area contributed by atoms with Gasteiger partial charge in [0.25, 0.3) is 11.8 Å². The third-order valence-corrected chi connectivity index (χ3v) is 7.66. The summed E-state index contributed by atoms with van der Waals surface area (Å²) in [6.07, 6.45) is 1.61. The second-order valence-electron chi connectivity index (χ2n) is 8.91. The summed E-state index contributed by atoms with van der Waals surface area (Å²) in [6.45, 7) is 3.76. The summed E-state index contributed by atoms with van der Waals surface area (Å²) < 4.78 is 0. The Bertz CT molecular complexity index is 1290. The second kappa shape index (κ2) is 9.79. The van der Waals surface area contributed by atoms with Gasteiger partial charge in [-0.3, -0.25) is 19.3 Å². The Labute approximate surface area is 212 Å². The van der Waals surface area contributed by atoms with Gasteiger partial charge in [-0.05, 0) is 49.6 Å². The number of benzene rings is 2. The molecule has 2 aromatic carbocycles. The van der Waals surface area contributed by atoms with Crippen LogP contribution in [0.3, 0.4) is 0 Å². The number of imide groups is 1. The van der Waals surface area contributed by atoms with Crippen molar-refractivity contribution in [3.63, 3.8) is 0 Å². The lowest BCUT2D eigenvalue weighted by molar-refractivity contribution is -0.125. The molecule has 0 radical (unpaired) electrons. The molecule has 1 aromatic heterocycles. The zero-order chi connectivity index (χ0) is 24.5. The fourth-order valence-electron chi connectivity index (χ4n) is 4.70. The molecule has 5 rings (SSSR count). The molecule has 1 fully saturated rings. The Morgan fingerprint density at radius 3 is 2.71 bits per heavy atom. The van der Waals surface area contributed by atoms with Crippen molar-refractivity contribution in [1.29, 1.82) is 0 Å². The summed E-state index contributed by atoms with van der Waals surface area (Å²) in [5.74, 6) is -0.812. The second-order valence-corrected chi connectivity index (χ2v) is 10.3. The van der Waals surface area contributed by atoms with Gasteiger partial charge < -0.3 is 10.2 Å². The number of fused-ring (bicyclic) bond motifs is 1. The van der Waals surface area contributed by atoms with Crippen LogP contribution in [0.5, 0.6) is 0 Å². The van der Waals surface area contributed by atoms with Crippen molar-refractivity contribution >= 4 is 46.3 Å². The van der Waals surface area contributed by atoms with Gasteiger partial charge in [0.05, 0.1) is 35.8 Å². The Hall–Kier alpha value is -3.23. The minimum Gasteiger partial charge on any atom is -0.370 e. The highest BCUT2D eigenvalue weighted by Gasteiger charge is 2.39. The lowest BCUT2D eigenvalue weighted by Crippen LogP contribution is -2.43. The molecule has 9 heteroatoms. The van der Waals surface area contributed by atoms with Crippen LogP contribution in [-0.4, -0.2) is 40.7 Å². The van der Waals surface area contributed by atoms with Crippen molar-refractivity contribution < 1.29 is 14.4 Å². The number of carbonyl (C=O) groups excluding carboxylic acids is 3. The van der Waals surface area contributed by atoms with Gasteiger partial charge in [-0.2, -0.15) is 0 Å². The summed E-state index contributed by atoms with van der Waals surface area (Å²) in [7, 11) is 0. The zero-order valence-electron chi connectivity index (χ0n) is 19.3. The number of carbonyl (C=O) groups is 3. The van der Waals surface area contributed by atoms with E-state index in [0.717, 1.165) is 35.7 Å². The topological polar surface area (TPSA) is 82.6 Å². The summed E-state index contributed by atoms with van der Waals surface area (Å²) in [6, 6.07) is 12.5. The first-order chi connectivity index (χ1) is 16.9. The zero-order valence-corrected chi connectivity index (χ0v) is 20.9. The molecule has 3 aromatic rings. The molecule has 1 N–H and O–H groups in total. The molecule has 0 bridgehead atoms. The molecule has 0 aliphatic carbocycles. The van der Waals surface area contributed by atoms with Crippen LogP contribution < -0.4 is 10.2 Å². The number of anilines is 1. The van der Waals surface area contributed by atoms with Crippen LogP contribution in [-0.2, 0) is 17.9 Å². The van der Waals surface area contributed by atoms with Crippen LogP contribution in [0, 0.1) is 12.8 Å². The molecule has 2 aliphatic heterocycles. The fourth-order valence-corrected chi connectivity index (χ4v) is 5.53. The predicted molar refractivity (Wildman–Crippen MR) is 136 cm³/mol. The van der Waals surface area contributed by atoms with E-state index in [2.05, 4.69) is 15.2 Å². The van der Waals surface area contributed by atoms with Crippen molar-refractivity contribution in [2.24, 2.45) is 5.92 Å². The number of nitrogens with zero attached hydrogens (tertiary/aromatic N) is 3. The number of amides is 3. The van der Waals surface area contributed by atoms with Crippen LogP contribution >= 0.6 is 22.9 Å². The van der Waals surface area contributed by atoms with Crippen LogP contribution in [0.25, 0.3) is 0 Å². The third kappa shape index (κ3) is 4.81. The van der Waals surface area contributed by atoms with E-state index >= 15 is 0 Å². The monoisotopic (exact) mass is 508 g/mol. The predicted octanol–water partition coefficient (Wildman–Crippen LogP) is 4.43. The summed E-state index contributed by atoms with van der Waals surface area (Å²) >= 11 is 7.50. The van der Waals surface area contributed by atoms with Gasteiger partial charge in [-0.25, -0.2) is 4.98 Å². The van der Waals surface area contributed by atoms with Crippen molar-refractivity contribution in [2.75, 3.05) is 18.0 Å². The first-order valence-electron chi connectivity index (χ1n) is 11.6. The first-order valence-corrected chi connectivity index (χ1v) is 12.8. The van der Waals surface area contributed by atoms with E-state index in [-0.39, 0.29) is 30.2 Å². The smallest absolute Gasteiger partial charge is 0.263 e. The van der Waals surface area contributed by atoms with Crippen LogP contribution in [0.4, 0.5) is 5.69 Å². The Morgan fingerprint density at radius 2 is 1.97 bits per heavy atom. The Morgan fingerprint density at radius 1 is 1.17 bits per heavy atom. The molecule has 0 saturated carbocycles. The van der Waals surface area contributed by atoms with E-state index in [4.69, 9.17) is 11.6 Å². The molecular weight excluding hydrogens is 484 g/mol. The standard InChI is InChI=1S/C26H25ClN4O3S/c1-16-15-35-22(29-16)12-28-24(32)18-4-3-11-30(14-18)21-6-2-5-20-23(21)26(34)31(25(20)33)13-17-7-9-19(27)10-8-17/h2,5-10,15,18H,3-4,11-14H2,1H3,(H,28,32). The Balaban J connectivity index is 1.31. The minimum absolute atomic E-state index is 0.0121. The number of thiazole rings is 1. The van der Waals surface area contributed by atoms with Gasteiger partial charge in [-0.1, -0.05) is 29.8 Å². The number of hydrogen-bond acceptors (Lipinski definition) is 6. The maximum atomic E-state index is 13.4. The van der Waals surface area contributed by atoms with Crippen molar-refractivity contribution in [3.05, 3.63) is 80.3 Å². The highest BCUT2D eigenvalue weighted by atomic mass is 35.5. The summed E-state index contributed by atoms with van der Waals surface area (Å²) in [5, 5.41) is 6.46. The lowest BCUT2D eigenvalue weighted by Gasteiger charge is -2.34. The number of aromatic nitrogens is 1. The van der Waals surface area contributed by atoms with Crippen molar-refractivity contribution in [3.8, 4) is 0 Å². The quantitative estimate of drug-likeness (QED) is 0.498. The van der Waals surface area contributed by atoms with Gasteiger partial charge in [-0.15, -0.1) is 11.3 Å². The maximum Gasteiger partial charge on any atom is 0.263 e. The fraction of sp³-hybridized carbons (Fsp3) is 0.308. The van der Waals surface area contributed by atoms with Crippen LogP contribution in [0.15, 0.2) is 47.8 Å². The molecule has 0 spiro atoms.